The minimum Gasteiger partial charge on any atom is -0.451 e. The SMILES string of the molecule is O=C(c1cc(=O)c2cc(Cl)ccc2o1)N1CCCN(CCc2ccncc2)CC1. The first-order chi connectivity index (χ1) is 14.1. The van der Waals surface area contributed by atoms with E-state index in [1.807, 2.05) is 24.5 Å². The van der Waals surface area contributed by atoms with Gasteiger partial charge in [0.25, 0.3) is 5.91 Å². The molecule has 1 aliphatic heterocycles. The predicted molar refractivity (Wildman–Crippen MR) is 112 cm³/mol. The monoisotopic (exact) mass is 411 g/mol. The molecule has 1 aromatic carbocycles. The van der Waals surface area contributed by atoms with Crippen molar-refractivity contribution in [2.24, 2.45) is 0 Å². The Balaban J connectivity index is 1.42. The first-order valence-electron chi connectivity index (χ1n) is 9.74. The number of carbonyl (C=O) groups excluding carboxylic acids is 1. The minimum absolute atomic E-state index is 0.0788. The number of nitrogens with zero attached hydrogens (tertiary/aromatic N) is 3. The Hall–Kier alpha value is -2.70. The zero-order valence-corrected chi connectivity index (χ0v) is 16.8. The van der Waals surface area contributed by atoms with Crippen molar-refractivity contribution >= 4 is 28.5 Å². The predicted octanol–water partition coefficient (Wildman–Crippen LogP) is 3.23. The van der Waals surface area contributed by atoms with Crippen LogP contribution < -0.4 is 5.43 Å². The maximum Gasteiger partial charge on any atom is 0.289 e. The molecule has 7 heteroatoms. The van der Waals surface area contributed by atoms with Crippen molar-refractivity contribution in [3.05, 3.63) is 75.4 Å². The van der Waals surface area contributed by atoms with Crippen LogP contribution >= 0.6 is 11.6 Å². The molecular formula is C22H22ClN3O3. The molecule has 0 spiro atoms. The Bertz CT molecular complexity index is 1070. The smallest absolute Gasteiger partial charge is 0.289 e. The van der Waals surface area contributed by atoms with E-state index in [1.165, 1.54) is 11.6 Å². The number of rotatable bonds is 4. The fraction of sp³-hybridized carbons (Fsp3) is 0.318. The second kappa shape index (κ2) is 8.76. The third-order valence-corrected chi connectivity index (χ3v) is 5.48. The molecule has 6 nitrogen and oxygen atoms in total. The number of fused-ring (bicyclic) bond motifs is 1. The lowest BCUT2D eigenvalue weighted by molar-refractivity contribution is 0.0730. The Morgan fingerprint density at radius 3 is 2.72 bits per heavy atom. The second-order valence-corrected chi connectivity index (χ2v) is 7.64. The number of carbonyl (C=O) groups is 1. The van der Waals surface area contributed by atoms with Crippen LogP contribution in [-0.2, 0) is 6.42 Å². The summed E-state index contributed by atoms with van der Waals surface area (Å²) in [7, 11) is 0. The van der Waals surface area contributed by atoms with Gasteiger partial charge in [0.15, 0.2) is 11.2 Å². The third-order valence-electron chi connectivity index (χ3n) is 5.24. The molecule has 0 radical (unpaired) electrons. The molecule has 2 aromatic heterocycles. The highest BCUT2D eigenvalue weighted by Gasteiger charge is 2.23. The summed E-state index contributed by atoms with van der Waals surface area (Å²) in [6, 6.07) is 10.2. The Labute approximate surface area is 173 Å². The van der Waals surface area contributed by atoms with E-state index in [9.17, 15) is 9.59 Å². The first-order valence-corrected chi connectivity index (χ1v) is 10.1. The quantitative estimate of drug-likeness (QED) is 0.659. The molecule has 4 rings (SSSR count). The molecule has 0 bridgehead atoms. The topological polar surface area (TPSA) is 66.7 Å². The van der Waals surface area contributed by atoms with E-state index >= 15 is 0 Å². The van der Waals surface area contributed by atoms with Crippen LogP contribution in [-0.4, -0.2) is 53.4 Å². The average molecular weight is 412 g/mol. The van der Waals surface area contributed by atoms with Crippen LogP contribution in [0.3, 0.4) is 0 Å². The first kappa shape index (κ1) is 19.6. The van der Waals surface area contributed by atoms with E-state index in [4.69, 9.17) is 16.0 Å². The van der Waals surface area contributed by atoms with Gasteiger partial charge in [0.1, 0.15) is 5.58 Å². The molecule has 0 N–H and O–H groups in total. The van der Waals surface area contributed by atoms with Crippen molar-refractivity contribution in [2.75, 3.05) is 32.7 Å². The summed E-state index contributed by atoms with van der Waals surface area (Å²) in [5.74, 6) is -0.162. The number of pyridine rings is 1. The number of amides is 1. The van der Waals surface area contributed by atoms with Gasteiger partial charge in [-0.1, -0.05) is 11.6 Å². The average Bonchev–Trinajstić information content (AvgIpc) is 2.98. The standard InChI is InChI=1S/C22H22ClN3O3/c23-17-2-3-20-18(14-17)19(27)15-21(29-20)22(28)26-10-1-9-25(12-13-26)11-6-16-4-7-24-8-5-16/h2-5,7-8,14-15H,1,6,9-13H2. The van der Waals surface area contributed by atoms with Crippen molar-refractivity contribution in [3.63, 3.8) is 0 Å². The molecular weight excluding hydrogens is 390 g/mol. The maximum absolute atomic E-state index is 12.9. The van der Waals surface area contributed by atoms with Gasteiger partial charge in [-0.25, -0.2) is 0 Å². The van der Waals surface area contributed by atoms with Gasteiger partial charge in [-0.3, -0.25) is 14.6 Å². The molecule has 29 heavy (non-hydrogen) atoms. The van der Waals surface area contributed by atoms with Crippen LogP contribution in [0, 0.1) is 0 Å². The van der Waals surface area contributed by atoms with Crippen LogP contribution in [0.15, 0.2) is 58.0 Å². The van der Waals surface area contributed by atoms with Gasteiger partial charge >= 0.3 is 0 Å². The van der Waals surface area contributed by atoms with E-state index in [0.717, 1.165) is 32.5 Å². The highest BCUT2D eigenvalue weighted by atomic mass is 35.5. The molecule has 3 heterocycles. The summed E-state index contributed by atoms with van der Waals surface area (Å²) in [5.41, 5.74) is 1.38. The molecule has 1 amide bonds. The summed E-state index contributed by atoms with van der Waals surface area (Å²) < 4.78 is 5.72. The zero-order valence-electron chi connectivity index (χ0n) is 16.0. The zero-order chi connectivity index (χ0) is 20.2. The second-order valence-electron chi connectivity index (χ2n) is 7.21. The fourth-order valence-corrected chi connectivity index (χ4v) is 3.80. The van der Waals surface area contributed by atoms with Gasteiger partial charge in [-0.15, -0.1) is 0 Å². The molecule has 0 saturated carbocycles. The molecule has 1 fully saturated rings. The van der Waals surface area contributed by atoms with Gasteiger partial charge in [-0.2, -0.15) is 0 Å². The normalized spacial score (nSPS) is 15.4. The number of benzene rings is 1. The van der Waals surface area contributed by atoms with Crippen molar-refractivity contribution in [2.45, 2.75) is 12.8 Å². The number of halogens is 1. The minimum atomic E-state index is -0.258. The van der Waals surface area contributed by atoms with E-state index in [1.54, 1.807) is 23.1 Å². The van der Waals surface area contributed by atoms with E-state index in [0.29, 0.717) is 29.1 Å². The molecule has 1 saturated heterocycles. The summed E-state index contributed by atoms with van der Waals surface area (Å²) in [5, 5.41) is 0.843. The molecule has 0 atom stereocenters. The molecule has 3 aromatic rings. The van der Waals surface area contributed by atoms with Gasteiger partial charge in [0.05, 0.1) is 5.39 Å². The highest BCUT2D eigenvalue weighted by Crippen LogP contribution is 2.19. The lowest BCUT2D eigenvalue weighted by Gasteiger charge is -2.21. The van der Waals surface area contributed by atoms with Gasteiger partial charge in [-0.05, 0) is 55.3 Å². The number of hydrogen-bond acceptors (Lipinski definition) is 5. The van der Waals surface area contributed by atoms with Crippen LogP contribution in [0.2, 0.25) is 5.02 Å². The van der Waals surface area contributed by atoms with Crippen LogP contribution in [0.25, 0.3) is 11.0 Å². The van der Waals surface area contributed by atoms with Gasteiger partial charge in [0.2, 0.25) is 0 Å². The van der Waals surface area contributed by atoms with Gasteiger partial charge < -0.3 is 14.2 Å². The highest BCUT2D eigenvalue weighted by molar-refractivity contribution is 6.31. The number of hydrogen-bond donors (Lipinski definition) is 0. The van der Waals surface area contributed by atoms with E-state index in [-0.39, 0.29) is 17.1 Å². The fourth-order valence-electron chi connectivity index (χ4n) is 3.62. The Morgan fingerprint density at radius 1 is 1.07 bits per heavy atom. The maximum atomic E-state index is 12.9. The van der Waals surface area contributed by atoms with Crippen LogP contribution in [0.4, 0.5) is 0 Å². The van der Waals surface area contributed by atoms with Gasteiger partial charge in [0, 0.05) is 49.7 Å². The Kier molecular flexibility index (Phi) is 5.92. The lowest BCUT2D eigenvalue weighted by Crippen LogP contribution is -2.36. The van der Waals surface area contributed by atoms with E-state index in [2.05, 4.69) is 9.88 Å². The Morgan fingerprint density at radius 2 is 1.90 bits per heavy atom. The van der Waals surface area contributed by atoms with Crippen molar-refractivity contribution in [1.82, 2.24) is 14.8 Å². The largest absolute Gasteiger partial charge is 0.451 e. The van der Waals surface area contributed by atoms with Crippen molar-refractivity contribution in [3.8, 4) is 0 Å². The molecule has 150 valence electrons. The summed E-state index contributed by atoms with van der Waals surface area (Å²) >= 11 is 5.95. The third kappa shape index (κ3) is 4.66. The van der Waals surface area contributed by atoms with Crippen molar-refractivity contribution in [1.29, 1.82) is 0 Å². The molecule has 0 aliphatic carbocycles. The van der Waals surface area contributed by atoms with Crippen LogP contribution in [0.5, 0.6) is 0 Å². The molecule has 1 aliphatic rings. The lowest BCUT2D eigenvalue weighted by atomic mass is 10.2. The van der Waals surface area contributed by atoms with Crippen molar-refractivity contribution < 1.29 is 9.21 Å². The summed E-state index contributed by atoms with van der Waals surface area (Å²) in [6.07, 6.45) is 5.46. The summed E-state index contributed by atoms with van der Waals surface area (Å²) in [4.78, 5) is 33.5. The number of aromatic nitrogens is 1. The molecule has 0 unspecified atom stereocenters. The van der Waals surface area contributed by atoms with Crippen LogP contribution in [0.1, 0.15) is 22.5 Å². The van der Waals surface area contributed by atoms with E-state index < -0.39 is 0 Å². The summed E-state index contributed by atoms with van der Waals surface area (Å²) in [6.45, 7) is 3.93.